The van der Waals surface area contributed by atoms with Crippen LogP contribution in [0.25, 0.3) is 0 Å². The summed E-state index contributed by atoms with van der Waals surface area (Å²) in [7, 11) is 0. The molecule has 270 valence electrons. The number of carbonyl (C=O) groups is 6. The van der Waals surface area contributed by atoms with Crippen molar-refractivity contribution in [2.24, 2.45) is 0 Å². The predicted molar refractivity (Wildman–Crippen MR) is 231 cm³/mol. The van der Waals surface area contributed by atoms with Crippen molar-refractivity contribution in [1.29, 1.82) is 0 Å². The Balaban J connectivity index is 0.000000180. The van der Waals surface area contributed by atoms with E-state index in [9.17, 15) is 28.8 Å². The topological polar surface area (TPSA) is 102 Å². The van der Waals surface area contributed by atoms with Crippen molar-refractivity contribution in [2.45, 2.75) is 0 Å². The largest absolute Gasteiger partial charge is 0.285 e. The molecule has 54 heavy (non-hydrogen) atoms. The summed E-state index contributed by atoms with van der Waals surface area (Å²) in [5.41, 5.74) is 2.30. The second-order valence-electron chi connectivity index (χ2n) is 11.0. The molecule has 12 heteroatoms. The zero-order valence-corrected chi connectivity index (χ0v) is 37.1. The molecule has 0 aliphatic carbocycles. The van der Waals surface area contributed by atoms with Gasteiger partial charge in [0.2, 0.25) is 34.7 Å². The van der Waals surface area contributed by atoms with Gasteiger partial charge in [0, 0.05) is 60.2 Å². The number of rotatable bonds is 9. The molecule has 6 rings (SSSR count). The van der Waals surface area contributed by atoms with Gasteiger partial charge in [-0.1, -0.05) is 144 Å². The van der Waals surface area contributed by atoms with Crippen molar-refractivity contribution in [2.75, 3.05) is 0 Å². The number of ketones is 6. The van der Waals surface area contributed by atoms with E-state index in [0.717, 1.165) is 17.9 Å². The first-order chi connectivity index (χ1) is 25.8. The van der Waals surface area contributed by atoms with Gasteiger partial charge in [0.25, 0.3) is 0 Å². The van der Waals surface area contributed by atoms with Gasteiger partial charge in [0.15, 0.2) is 0 Å². The minimum Gasteiger partial charge on any atom is -0.285 e. The Morgan fingerprint density at radius 2 is 0.593 bits per heavy atom. The second kappa shape index (κ2) is 20.8. The van der Waals surface area contributed by atoms with Crippen LogP contribution in [-0.2, 0) is 0 Å². The second-order valence-corrected chi connectivity index (χ2v) is 16.3. The fourth-order valence-electron chi connectivity index (χ4n) is 4.52. The lowest BCUT2D eigenvalue weighted by molar-refractivity contribution is 0.0816. The van der Waals surface area contributed by atoms with Gasteiger partial charge >= 0.3 is 0 Å². The van der Waals surface area contributed by atoms with Crippen LogP contribution in [0, 0.1) is 0 Å². The van der Waals surface area contributed by atoms with Crippen molar-refractivity contribution < 1.29 is 28.8 Å². The number of Topliss-reactive ketones (excluding diaryl/α,β-unsaturated/α-hetero) is 6. The summed E-state index contributed by atoms with van der Waals surface area (Å²) >= 11 is 19.7. The number of hydrogen-bond acceptors (Lipinski definition) is 6. The van der Waals surface area contributed by atoms with Crippen molar-refractivity contribution in [3.05, 3.63) is 206 Å². The fourth-order valence-corrected chi connectivity index (χ4v) is 6.78. The number of benzene rings is 6. The molecule has 0 amide bonds. The number of halogens is 6. The van der Waals surface area contributed by atoms with E-state index in [1.54, 1.807) is 146 Å². The highest BCUT2D eigenvalue weighted by molar-refractivity contribution is 9.11. The fraction of sp³-hybridized carbons (Fsp3) is 0. The number of hydrogen-bond donors (Lipinski definition) is 0. The maximum Gasteiger partial charge on any atom is 0.234 e. The Labute approximate surface area is 361 Å². The highest BCUT2D eigenvalue weighted by Gasteiger charge is 2.22. The van der Waals surface area contributed by atoms with Crippen molar-refractivity contribution in [3.8, 4) is 0 Å². The molecule has 6 aromatic rings. The Kier molecular flexibility index (Phi) is 16.5. The van der Waals surface area contributed by atoms with Gasteiger partial charge in [-0.05, 0) is 97.1 Å². The summed E-state index contributed by atoms with van der Waals surface area (Å²) in [6, 6.07) is 40.8. The van der Waals surface area contributed by atoms with Gasteiger partial charge in [-0.3, -0.25) is 28.8 Å². The Bertz CT molecular complexity index is 2190. The standard InChI is InChI=1S/3C14H8Br2O2/c15-11-5-1-9(2-6-11)13(17)14(18)10-3-7-12(16)8-4-10;15-11-5-1-3-9(7-11)13(17)14(18)10-4-2-6-12(16)8-10;15-11-7-3-1-5-9(11)13(17)14(18)10-6-2-4-8-12(10)16/h3*1-8H. The van der Waals surface area contributed by atoms with Crippen molar-refractivity contribution >= 4 is 130 Å². The normalized spacial score (nSPS) is 10.1. The van der Waals surface area contributed by atoms with E-state index >= 15 is 0 Å². The van der Waals surface area contributed by atoms with E-state index in [2.05, 4.69) is 95.6 Å². The summed E-state index contributed by atoms with van der Waals surface area (Å²) in [6.45, 7) is 0. The third-order valence-corrected chi connectivity index (χ3v) is 10.7. The molecule has 0 N–H and O–H groups in total. The quantitative estimate of drug-likeness (QED) is 0.106. The molecule has 0 aliphatic heterocycles. The number of carbonyl (C=O) groups excluding carboxylic acids is 6. The van der Waals surface area contributed by atoms with Gasteiger partial charge < -0.3 is 0 Å². The Morgan fingerprint density at radius 1 is 0.278 bits per heavy atom. The van der Waals surface area contributed by atoms with Crippen LogP contribution in [0.15, 0.2) is 172 Å². The molecule has 6 nitrogen and oxygen atoms in total. The first-order valence-corrected chi connectivity index (χ1v) is 20.3. The van der Waals surface area contributed by atoms with Gasteiger partial charge in [-0.15, -0.1) is 0 Å². The summed E-state index contributed by atoms with van der Waals surface area (Å²) < 4.78 is 4.53. The molecular formula is C42H24Br6O6. The molecule has 0 saturated carbocycles. The zero-order chi connectivity index (χ0) is 39.4. The predicted octanol–water partition coefficient (Wildman–Crippen LogP) is 12.8. The highest BCUT2D eigenvalue weighted by atomic mass is 79.9. The summed E-state index contributed by atoms with van der Waals surface area (Å²) in [5.74, 6) is -3.04. The van der Waals surface area contributed by atoms with Crippen LogP contribution in [0.2, 0.25) is 0 Å². The third kappa shape index (κ3) is 12.1. The first kappa shape index (κ1) is 43.0. The van der Waals surface area contributed by atoms with Crippen LogP contribution >= 0.6 is 95.6 Å². The van der Waals surface area contributed by atoms with E-state index in [-0.39, 0.29) is 0 Å². The minimum absolute atomic E-state index is 0.373. The van der Waals surface area contributed by atoms with E-state index < -0.39 is 34.7 Å². The molecule has 0 atom stereocenters. The lowest BCUT2D eigenvalue weighted by Crippen LogP contribution is -2.15. The summed E-state index contributed by atoms with van der Waals surface area (Å²) in [6.07, 6.45) is 0. The molecule has 0 heterocycles. The average molecular weight is 1100 g/mol. The maximum atomic E-state index is 12.1. The molecule has 0 aliphatic rings. The highest BCUT2D eigenvalue weighted by Crippen LogP contribution is 2.22. The zero-order valence-electron chi connectivity index (χ0n) is 27.6. The van der Waals surface area contributed by atoms with Crippen LogP contribution < -0.4 is 0 Å². The van der Waals surface area contributed by atoms with Crippen molar-refractivity contribution in [1.82, 2.24) is 0 Å². The Morgan fingerprint density at radius 3 is 0.907 bits per heavy atom. The lowest BCUT2D eigenvalue weighted by atomic mass is 10.0. The van der Waals surface area contributed by atoms with Crippen molar-refractivity contribution in [3.63, 3.8) is 0 Å². The van der Waals surface area contributed by atoms with Gasteiger partial charge in [0.1, 0.15) is 0 Å². The van der Waals surface area contributed by atoms with Gasteiger partial charge in [-0.2, -0.15) is 0 Å². The van der Waals surface area contributed by atoms with Crippen LogP contribution in [0.3, 0.4) is 0 Å². The minimum atomic E-state index is -0.519. The monoisotopic (exact) mass is 1100 g/mol. The van der Waals surface area contributed by atoms with Gasteiger partial charge in [-0.25, -0.2) is 0 Å². The van der Waals surface area contributed by atoms with E-state index in [0.29, 0.717) is 42.3 Å². The molecule has 0 unspecified atom stereocenters. The molecule has 0 radical (unpaired) electrons. The van der Waals surface area contributed by atoms with E-state index in [1.807, 2.05) is 0 Å². The van der Waals surface area contributed by atoms with Crippen LogP contribution in [0.5, 0.6) is 0 Å². The SMILES string of the molecule is O=C(C(=O)c1ccc(Br)cc1)c1ccc(Br)cc1.O=C(C(=O)c1cccc(Br)c1)c1cccc(Br)c1.O=C(C(=O)c1ccccc1Br)c1ccccc1Br. The lowest BCUT2D eigenvalue weighted by Gasteiger charge is -2.04. The molecule has 0 saturated heterocycles. The molecule has 0 fully saturated rings. The first-order valence-electron chi connectivity index (χ1n) is 15.5. The molecular weight excluding hydrogens is 1080 g/mol. The van der Waals surface area contributed by atoms with Crippen LogP contribution in [0.4, 0.5) is 0 Å². The molecule has 0 aromatic heterocycles. The maximum absolute atomic E-state index is 12.1. The van der Waals surface area contributed by atoms with Crippen LogP contribution in [-0.4, -0.2) is 34.7 Å². The van der Waals surface area contributed by atoms with E-state index in [4.69, 9.17) is 0 Å². The summed E-state index contributed by atoms with van der Waals surface area (Å²) in [5, 5.41) is 0. The summed E-state index contributed by atoms with van der Waals surface area (Å²) in [4.78, 5) is 72.2. The smallest absolute Gasteiger partial charge is 0.234 e. The van der Waals surface area contributed by atoms with E-state index in [1.165, 1.54) is 0 Å². The average Bonchev–Trinajstić information content (AvgIpc) is 3.18. The molecule has 0 bridgehead atoms. The van der Waals surface area contributed by atoms with Crippen LogP contribution in [0.1, 0.15) is 62.1 Å². The third-order valence-electron chi connectivity index (χ3n) is 7.24. The molecule has 0 spiro atoms. The van der Waals surface area contributed by atoms with Gasteiger partial charge in [0.05, 0.1) is 0 Å². The Hall–Kier alpha value is -3.78. The molecule has 6 aromatic carbocycles.